The van der Waals surface area contributed by atoms with Crippen molar-refractivity contribution in [3.8, 4) is 0 Å². The average Bonchev–Trinajstić information content (AvgIpc) is 2.48. The highest BCUT2D eigenvalue weighted by atomic mass is 16.2. The van der Waals surface area contributed by atoms with Gasteiger partial charge in [0.1, 0.15) is 0 Å². The number of carbonyl (C=O) groups excluding carboxylic acids is 1. The van der Waals surface area contributed by atoms with Crippen LogP contribution in [-0.4, -0.2) is 18.3 Å². The first-order valence-electron chi connectivity index (χ1n) is 8.15. The van der Waals surface area contributed by atoms with E-state index in [0.717, 1.165) is 18.4 Å². The summed E-state index contributed by atoms with van der Waals surface area (Å²) in [6.45, 7) is 6.56. The molecule has 1 aliphatic carbocycles. The van der Waals surface area contributed by atoms with E-state index in [4.69, 9.17) is 0 Å². The Morgan fingerprint density at radius 1 is 1.14 bits per heavy atom. The van der Waals surface area contributed by atoms with Crippen LogP contribution in [0.1, 0.15) is 64.0 Å². The number of benzene rings is 1. The van der Waals surface area contributed by atoms with Crippen molar-refractivity contribution in [2.45, 2.75) is 64.3 Å². The molecule has 1 fully saturated rings. The molecule has 0 spiro atoms. The molecule has 2 amide bonds. The Labute approximate surface area is 133 Å². The second-order valence-electron chi connectivity index (χ2n) is 7.05. The standard InChI is InChI=1S/C18H27N3O/c1-18(2,3)15-11-9-14(10-12-15)13-19-21-17(22)20-16-7-5-4-6-8-16/h9-13,16H,4-8H2,1-3H3,(H2,20,21,22)/b19-13+. The molecule has 0 unspecified atom stereocenters. The summed E-state index contributed by atoms with van der Waals surface area (Å²) in [7, 11) is 0. The van der Waals surface area contributed by atoms with Gasteiger partial charge in [0.15, 0.2) is 0 Å². The van der Waals surface area contributed by atoms with Crippen LogP contribution in [0.5, 0.6) is 0 Å². The summed E-state index contributed by atoms with van der Waals surface area (Å²) in [5, 5.41) is 6.98. The highest BCUT2D eigenvalue weighted by Gasteiger charge is 2.15. The van der Waals surface area contributed by atoms with Crippen LogP contribution in [-0.2, 0) is 5.41 Å². The van der Waals surface area contributed by atoms with Gasteiger partial charge in [-0.15, -0.1) is 0 Å². The summed E-state index contributed by atoms with van der Waals surface area (Å²) in [5.74, 6) is 0. The molecule has 0 aromatic heterocycles. The van der Waals surface area contributed by atoms with Crippen molar-refractivity contribution in [1.82, 2.24) is 10.7 Å². The van der Waals surface area contributed by atoms with Crippen LogP contribution in [0, 0.1) is 0 Å². The molecule has 0 heterocycles. The van der Waals surface area contributed by atoms with E-state index in [2.05, 4.69) is 48.7 Å². The first-order chi connectivity index (χ1) is 10.4. The first-order valence-corrected chi connectivity index (χ1v) is 8.15. The van der Waals surface area contributed by atoms with Gasteiger partial charge in [-0.25, -0.2) is 10.2 Å². The second kappa shape index (κ2) is 7.43. The van der Waals surface area contributed by atoms with E-state index in [-0.39, 0.29) is 11.4 Å². The lowest BCUT2D eigenvalue weighted by Crippen LogP contribution is -2.41. The Balaban J connectivity index is 1.80. The van der Waals surface area contributed by atoms with Gasteiger partial charge in [-0.1, -0.05) is 64.3 Å². The normalized spacial score (nSPS) is 16.7. The Kier molecular flexibility index (Phi) is 5.58. The summed E-state index contributed by atoms with van der Waals surface area (Å²) >= 11 is 0. The molecule has 22 heavy (non-hydrogen) atoms. The third-order valence-corrected chi connectivity index (χ3v) is 4.10. The van der Waals surface area contributed by atoms with Gasteiger partial charge in [-0.05, 0) is 29.4 Å². The number of nitrogens with zero attached hydrogens (tertiary/aromatic N) is 1. The summed E-state index contributed by atoms with van der Waals surface area (Å²) in [6, 6.07) is 8.33. The van der Waals surface area contributed by atoms with Crippen LogP contribution in [0.2, 0.25) is 0 Å². The molecule has 120 valence electrons. The molecular formula is C18H27N3O. The number of carbonyl (C=O) groups is 1. The van der Waals surface area contributed by atoms with E-state index in [9.17, 15) is 4.79 Å². The lowest BCUT2D eigenvalue weighted by Gasteiger charge is -2.22. The molecular weight excluding hydrogens is 274 g/mol. The lowest BCUT2D eigenvalue weighted by atomic mass is 9.87. The molecule has 0 saturated heterocycles. The van der Waals surface area contributed by atoms with Gasteiger partial charge in [0.05, 0.1) is 6.21 Å². The third kappa shape index (κ3) is 5.17. The Bertz CT molecular complexity index is 508. The third-order valence-electron chi connectivity index (χ3n) is 4.10. The minimum absolute atomic E-state index is 0.147. The van der Waals surface area contributed by atoms with Gasteiger partial charge in [-0.2, -0.15) is 5.10 Å². The summed E-state index contributed by atoms with van der Waals surface area (Å²) in [4.78, 5) is 11.8. The van der Waals surface area contributed by atoms with Crippen molar-refractivity contribution in [2.24, 2.45) is 5.10 Å². The van der Waals surface area contributed by atoms with Gasteiger partial charge < -0.3 is 5.32 Å². The molecule has 0 bridgehead atoms. The predicted octanol–water partition coefficient (Wildman–Crippen LogP) is 3.95. The number of hydrogen-bond acceptors (Lipinski definition) is 2. The molecule has 4 nitrogen and oxygen atoms in total. The van der Waals surface area contributed by atoms with Crippen LogP contribution in [0.25, 0.3) is 0 Å². The van der Waals surface area contributed by atoms with Gasteiger partial charge in [-0.3, -0.25) is 0 Å². The topological polar surface area (TPSA) is 53.5 Å². The van der Waals surface area contributed by atoms with Crippen molar-refractivity contribution >= 4 is 12.2 Å². The molecule has 0 aliphatic heterocycles. The van der Waals surface area contributed by atoms with Crippen molar-refractivity contribution in [1.29, 1.82) is 0 Å². The molecule has 0 radical (unpaired) electrons. The molecule has 0 atom stereocenters. The summed E-state index contributed by atoms with van der Waals surface area (Å²) in [5.41, 5.74) is 4.95. The quantitative estimate of drug-likeness (QED) is 0.644. The maximum Gasteiger partial charge on any atom is 0.335 e. The van der Waals surface area contributed by atoms with Crippen molar-refractivity contribution in [2.75, 3.05) is 0 Å². The van der Waals surface area contributed by atoms with Crippen LogP contribution < -0.4 is 10.7 Å². The number of nitrogens with one attached hydrogen (secondary N) is 2. The van der Waals surface area contributed by atoms with Gasteiger partial charge >= 0.3 is 6.03 Å². The van der Waals surface area contributed by atoms with Crippen LogP contribution in [0.3, 0.4) is 0 Å². The van der Waals surface area contributed by atoms with Gasteiger partial charge in [0.25, 0.3) is 0 Å². The van der Waals surface area contributed by atoms with Crippen LogP contribution >= 0.6 is 0 Å². The van der Waals surface area contributed by atoms with Crippen LogP contribution in [0.15, 0.2) is 29.4 Å². The van der Waals surface area contributed by atoms with Gasteiger partial charge in [0.2, 0.25) is 0 Å². The molecule has 1 aromatic carbocycles. The SMILES string of the molecule is CC(C)(C)c1ccc(/C=N/NC(=O)NC2CCCCC2)cc1. The number of urea groups is 1. The highest BCUT2D eigenvalue weighted by Crippen LogP contribution is 2.21. The zero-order chi connectivity index (χ0) is 16.0. The molecule has 4 heteroatoms. The molecule has 1 aliphatic rings. The summed E-state index contributed by atoms with van der Waals surface area (Å²) < 4.78 is 0. The minimum atomic E-state index is -0.213. The van der Waals surface area contributed by atoms with Crippen molar-refractivity contribution in [3.05, 3.63) is 35.4 Å². The fourth-order valence-electron chi connectivity index (χ4n) is 2.70. The largest absolute Gasteiger partial charge is 0.335 e. The van der Waals surface area contributed by atoms with E-state index in [1.165, 1.54) is 24.8 Å². The molecule has 2 rings (SSSR count). The Morgan fingerprint density at radius 2 is 1.77 bits per heavy atom. The van der Waals surface area contributed by atoms with E-state index in [1.807, 2.05) is 12.1 Å². The smallest absolute Gasteiger partial charge is 0.334 e. The van der Waals surface area contributed by atoms with E-state index >= 15 is 0 Å². The average molecular weight is 301 g/mol. The Morgan fingerprint density at radius 3 is 2.36 bits per heavy atom. The molecule has 1 saturated carbocycles. The monoisotopic (exact) mass is 301 g/mol. The number of hydrazone groups is 1. The van der Waals surface area contributed by atoms with E-state index in [0.29, 0.717) is 6.04 Å². The van der Waals surface area contributed by atoms with Crippen molar-refractivity contribution < 1.29 is 4.79 Å². The number of hydrogen-bond donors (Lipinski definition) is 2. The Hall–Kier alpha value is -1.84. The first kappa shape index (κ1) is 16.5. The van der Waals surface area contributed by atoms with Gasteiger partial charge in [0, 0.05) is 6.04 Å². The fourth-order valence-corrected chi connectivity index (χ4v) is 2.70. The maximum absolute atomic E-state index is 11.8. The van der Waals surface area contributed by atoms with Crippen LogP contribution in [0.4, 0.5) is 4.79 Å². The van der Waals surface area contributed by atoms with E-state index < -0.39 is 0 Å². The lowest BCUT2D eigenvalue weighted by molar-refractivity contribution is 0.233. The maximum atomic E-state index is 11.8. The van der Waals surface area contributed by atoms with E-state index in [1.54, 1.807) is 6.21 Å². The van der Waals surface area contributed by atoms with Crippen molar-refractivity contribution in [3.63, 3.8) is 0 Å². The highest BCUT2D eigenvalue weighted by molar-refractivity contribution is 5.82. The molecule has 1 aromatic rings. The second-order valence-corrected chi connectivity index (χ2v) is 7.05. The number of rotatable bonds is 3. The fraction of sp³-hybridized carbons (Fsp3) is 0.556. The minimum Gasteiger partial charge on any atom is -0.334 e. The molecule has 2 N–H and O–H groups in total. The zero-order valence-corrected chi connectivity index (χ0v) is 13.9. The zero-order valence-electron chi connectivity index (χ0n) is 13.9. The summed E-state index contributed by atoms with van der Waals surface area (Å²) in [6.07, 6.45) is 7.51. The predicted molar refractivity (Wildman–Crippen MR) is 91.3 cm³/mol. The number of amides is 2.